The first kappa shape index (κ1) is 39.9. The highest BCUT2D eigenvalue weighted by molar-refractivity contribution is 6.85. The molecule has 0 aliphatic carbocycles. The van der Waals surface area contributed by atoms with Crippen LogP contribution in [-0.4, -0.2) is 99.3 Å². The third-order valence-electron chi connectivity index (χ3n) is 7.80. The van der Waals surface area contributed by atoms with E-state index in [-0.39, 0.29) is 0 Å². The Hall–Kier alpha value is 0.734. The van der Waals surface area contributed by atoms with Gasteiger partial charge in [0.25, 0.3) is 0 Å². The van der Waals surface area contributed by atoms with Crippen molar-refractivity contribution in [2.75, 3.05) is 39.6 Å². The van der Waals surface area contributed by atoms with Crippen LogP contribution in [0.2, 0.25) is 96.2 Å². The molecule has 2 saturated heterocycles. The molecule has 0 saturated carbocycles. The molecule has 2 aliphatic heterocycles. The van der Waals surface area contributed by atoms with Gasteiger partial charge in [-0.2, -0.15) is 0 Å². The van der Waals surface area contributed by atoms with Crippen molar-refractivity contribution in [2.45, 2.75) is 153 Å². The molecule has 43 heavy (non-hydrogen) atoms. The molecular weight excluding hydrogens is 632 g/mol. The lowest BCUT2D eigenvalue weighted by molar-refractivity contribution is -0.0839. The van der Waals surface area contributed by atoms with Crippen LogP contribution in [0.1, 0.15) is 38.5 Å². The van der Waals surface area contributed by atoms with Gasteiger partial charge in [0, 0.05) is 26.1 Å². The third kappa shape index (κ3) is 20.6. The van der Waals surface area contributed by atoms with Gasteiger partial charge in [0.2, 0.25) is 0 Å². The lowest BCUT2D eigenvalue weighted by atomic mass is 10.1. The zero-order valence-electron chi connectivity index (χ0n) is 29.7. The molecule has 256 valence electrons. The minimum absolute atomic E-state index is 0.324. The predicted octanol–water partition coefficient (Wildman–Crippen LogP) is 8.53. The molecule has 13 heteroatoms. The van der Waals surface area contributed by atoms with Gasteiger partial charge in [-0.05, 0) is 122 Å². The topological polar surface area (TPSA) is 71.2 Å². The monoisotopic (exact) mass is 698 g/mol. The fraction of sp³-hybridized carbons (Fsp3) is 1.00. The quantitative estimate of drug-likeness (QED) is 0.0510. The number of hydrogen-bond donors (Lipinski definition) is 0. The second-order valence-corrected chi connectivity index (χ2v) is 38.5. The van der Waals surface area contributed by atoms with Crippen LogP contribution >= 0.6 is 0 Å². The van der Waals surface area contributed by atoms with Crippen LogP contribution in [0, 0.1) is 0 Å². The van der Waals surface area contributed by atoms with Crippen LogP contribution in [0.25, 0.3) is 0 Å². The average molecular weight is 699 g/mol. The molecule has 2 heterocycles. The molecule has 0 N–H and O–H groups in total. The predicted molar refractivity (Wildman–Crippen MR) is 188 cm³/mol. The van der Waals surface area contributed by atoms with Gasteiger partial charge in [-0.3, -0.25) is 0 Å². The van der Waals surface area contributed by atoms with Gasteiger partial charge >= 0.3 is 0 Å². The van der Waals surface area contributed by atoms with Crippen LogP contribution in [0.4, 0.5) is 4.39 Å². The molecular formula is C30H67FO7Si5. The minimum Gasteiger partial charge on any atom is -0.455 e. The number of rotatable bonds is 26. The summed E-state index contributed by atoms with van der Waals surface area (Å²) in [7, 11) is -9.47. The molecule has 0 aromatic carbocycles. The van der Waals surface area contributed by atoms with Crippen molar-refractivity contribution < 1.29 is 36.0 Å². The number of alkyl halides is 1. The zero-order chi connectivity index (χ0) is 32.4. The molecule has 2 fully saturated rings. The summed E-state index contributed by atoms with van der Waals surface area (Å²) < 4.78 is 58.2. The molecule has 0 radical (unpaired) electrons. The van der Waals surface area contributed by atoms with Crippen LogP contribution in [-0.2, 0) is 31.6 Å². The summed E-state index contributed by atoms with van der Waals surface area (Å²) in [4.78, 5) is 0. The summed E-state index contributed by atoms with van der Waals surface area (Å²) in [6, 6.07) is 4.10. The molecule has 0 amide bonds. The molecule has 0 aromatic rings. The molecule has 2 aliphatic rings. The van der Waals surface area contributed by atoms with E-state index in [2.05, 4.69) is 72.0 Å². The Kier molecular flexibility index (Phi) is 16.0. The smallest absolute Gasteiger partial charge is 0.200 e. The molecule has 7 nitrogen and oxygen atoms in total. The Balaban J connectivity index is 1.76. The molecule has 2 unspecified atom stereocenters. The van der Waals surface area contributed by atoms with E-state index in [9.17, 15) is 0 Å². The lowest BCUT2D eigenvalue weighted by Crippen LogP contribution is -2.45. The normalized spacial score (nSPS) is 21.2. The Labute approximate surface area is 269 Å². The van der Waals surface area contributed by atoms with E-state index in [0.29, 0.717) is 38.3 Å². The maximum Gasteiger partial charge on any atom is 0.200 e. The van der Waals surface area contributed by atoms with Crippen molar-refractivity contribution >= 4 is 41.6 Å². The van der Waals surface area contributed by atoms with Crippen molar-refractivity contribution in [3.63, 3.8) is 0 Å². The van der Waals surface area contributed by atoms with Crippen molar-refractivity contribution in [1.29, 1.82) is 0 Å². The maximum absolute atomic E-state index is 16.4. The summed E-state index contributed by atoms with van der Waals surface area (Å²) in [5, 5.41) is 0. The minimum atomic E-state index is -2.05. The van der Waals surface area contributed by atoms with Crippen LogP contribution in [0.5, 0.6) is 0 Å². The van der Waals surface area contributed by atoms with Crippen LogP contribution in [0.3, 0.4) is 0 Å². The van der Waals surface area contributed by atoms with E-state index < -0.39 is 47.4 Å². The maximum atomic E-state index is 16.4. The zero-order valence-corrected chi connectivity index (χ0v) is 34.7. The highest BCUT2D eigenvalue weighted by Crippen LogP contribution is 2.35. The second kappa shape index (κ2) is 17.2. The Bertz CT molecular complexity index is 748. The standard InChI is InChI=1S/C30H67FO7Si5/c1-39(2,3)36-30(31,16-12-20-40(4,5)37-42(8,9)22-14-18-32-24-28-26-34-28)17-13-21-41(6,7)38-43(10,11)23-15-19-33-25-29-27-35-29/h28-29H,12-27H2,1-11H3. The number of ether oxygens (including phenoxy) is 4. The van der Waals surface area contributed by atoms with E-state index in [1.165, 1.54) is 0 Å². The summed E-state index contributed by atoms with van der Waals surface area (Å²) >= 11 is 0. The van der Waals surface area contributed by atoms with Crippen LogP contribution < -0.4 is 0 Å². The van der Waals surface area contributed by atoms with Crippen molar-refractivity contribution in [1.82, 2.24) is 0 Å². The van der Waals surface area contributed by atoms with E-state index in [1.807, 2.05) is 0 Å². The fourth-order valence-electron chi connectivity index (χ4n) is 5.99. The number of epoxide rings is 2. The summed E-state index contributed by atoms with van der Waals surface area (Å²) in [6.45, 7) is 29.4. The van der Waals surface area contributed by atoms with Gasteiger partial charge in [0.05, 0.1) is 26.4 Å². The Morgan fingerprint density at radius 2 is 0.907 bits per heavy atom. The first-order chi connectivity index (χ1) is 19.7. The van der Waals surface area contributed by atoms with Crippen molar-refractivity contribution in [3.05, 3.63) is 0 Å². The van der Waals surface area contributed by atoms with Crippen molar-refractivity contribution in [2.24, 2.45) is 0 Å². The molecule has 2 atom stereocenters. The summed E-state index contributed by atoms with van der Waals surface area (Å²) in [5.74, 6) is -1.56. The van der Waals surface area contributed by atoms with Crippen LogP contribution in [0.15, 0.2) is 0 Å². The average Bonchev–Trinajstić information content (AvgIpc) is 3.71. The van der Waals surface area contributed by atoms with Gasteiger partial charge in [-0.25, -0.2) is 4.39 Å². The van der Waals surface area contributed by atoms with Gasteiger partial charge < -0.3 is 31.6 Å². The lowest BCUT2D eigenvalue weighted by Gasteiger charge is -2.37. The third-order valence-corrected chi connectivity index (χ3v) is 23.8. The van der Waals surface area contributed by atoms with E-state index in [1.54, 1.807) is 0 Å². The van der Waals surface area contributed by atoms with Crippen molar-refractivity contribution in [3.8, 4) is 0 Å². The SMILES string of the molecule is C[Si](C)(C)OC(F)(CCC[Si](C)(C)O[Si](C)(C)CCCOCC1CO1)CCC[Si](C)(C)O[Si](C)(C)CCCOCC1CO1. The molecule has 0 spiro atoms. The summed E-state index contributed by atoms with van der Waals surface area (Å²) in [5.41, 5.74) is 0. The molecule has 0 bridgehead atoms. The van der Waals surface area contributed by atoms with Gasteiger partial charge in [0.15, 0.2) is 47.4 Å². The van der Waals surface area contributed by atoms with Gasteiger partial charge in [-0.1, -0.05) is 0 Å². The van der Waals surface area contributed by atoms with E-state index in [0.717, 1.165) is 76.3 Å². The Morgan fingerprint density at radius 3 is 1.21 bits per heavy atom. The molecule has 2 rings (SSSR count). The Morgan fingerprint density at radius 1 is 0.581 bits per heavy atom. The fourth-order valence-corrected chi connectivity index (χ4v) is 24.9. The first-order valence-corrected chi connectivity index (χ1v) is 32.7. The number of halogens is 1. The largest absolute Gasteiger partial charge is 0.455 e. The second-order valence-electron chi connectivity index (χ2n) is 16.3. The number of hydrogen-bond acceptors (Lipinski definition) is 7. The van der Waals surface area contributed by atoms with E-state index in [4.69, 9.17) is 31.6 Å². The first-order valence-electron chi connectivity index (χ1n) is 16.9. The highest BCUT2D eigenvalue weighted by atomic mass is 28.4. The van der Waals surface area contributed by atoms with Gasteiger partial charge in [0.1, 0.15) is 12.2 Å². The highest BCUT2D eigenvalue weighted by Gasteiger charge is 2.39. The van der Waals surface area contributed by atoms with Gasteiger partial charge in [-0.15, -0.1) is 0 Å². The summed E-state index contributed by atoms with van der Waals surface area (Å²) in [6.07, 6.45) is 5.22. The molecule has 0 aromatic heterocycles. The van der Waals surface area contributed by atoms with E-state index >= 15 is 4.39 Å².